The molecule has 0 aromatic heterocycles. The molecule has 1 N–H and O–H groups in total. The lowest BCUT2D eigenvalue weighted by atomic mass is 10.1. The second kappa shape index (κ2) is 7.51. The molecular weight excluding hydrogens is 234 g/mol. The van der Waals surface area contributed by atoms with Gasteiger partial charge in [0.25, 0.3) is 0 Å². The van der Waals surface area contributed by atoms with E-state index in [1.54, 1.807) is 0 Å². The van der Waals surface area contributed by atoms with Crippen molar-refractivity contribution in [1.29, 1.82) is 0 Å². The van der Waals surface area contributed by atoms with Crippen molar-refractivity contribution in [1.82, 2.24) is 10.2 Å². The van der Waals surface area contributed by atoms with E-state index in [0.29, 0.717) is 0 Å². The van der Waals surface area contributed by atoms with Gasteiger partial charge in [-0.25, -0.2) is 0 Å². The molecular formula is C16H27N3. The summed E-state index contributed by atoms with van der Waals surface area (Å²) in [5, 5.41) is 3.49. The van der Waals surface area contributed by atoms with Crippen LogP contribution in [0.4, 0.5) is 5.69 Å². The van der Waals surface area contributed by atoms with Gasteiger partial charge in [0, 0.05) is 38.4 Å². The normalized spacial score (nSPS) is 16.8. The van der Waals surface area contributed by atoms with Crippen LogP contribution in [0, 0.1) is 0 Å². The van der Waals surface area contributed by atoms with Crippen LogP contribution in [0.15, 0.2) is 24.3 Å². The highest BCUT2D eigenvalue weighted by Crippen LogP contribution is 2.16. The molecule has 1 saturated heterocycles. The van der Waals surface area contributed by atoms with E-state index in [2.05, 4.69) is 53.4 Å². The van der Waals surface area contributed by atoms with Crippen molar-refractivity contribution < 1.29 is 0 Å². The quantitative estimate of drug-likeness (QED) is 0.793. The van der Waals surface area contributed by atoms with Crippen molar-refractivity contribution in [3.05, 3.63) is 29.8 Å². The van der Waals surface area contributed by atoms with Crippen LogP contribution in [0.5, 0.6) is 0 Å². The average molecular weight is 261 g/mol. The van der Waals surface area contributed by atoms with E-state index < -0.39 is 0 Å². The maximum absolute atomic E-state index is 3.49. The van der Waals surface area contributed by atoms with Crippen molar-refractivity contribution in [2.45, 2.75) is 26.3 Å². The third-order valence-corrected chi connectivity index (χ3v) is 3.84. The molecule has 1 aromatic rings. The predicted octanol–water partition coefficient (Wildman–Crippen LogP) is 2.33. The van der Waals surface area contributed by atoms with Gasteiger partial charge in [-0.2, -0.15) is 0 Å². The Bertz CT molecular complexity index is 353. The number of hydrogen-bond donors (Lipinski definition) is 1. The zero-order valence-corrected chi connectivity index (χ0v) is 12.4. The molecule has 0 saturated carbocycles. The summed E-state index contributed by atoms with van der Waals surface area (Å²) in [6, 6.07) is 9.05. The minimum atomic E-state index is 0.989. The van der Waals surface area contributed by atoms with Crippen LogP contribution in [0.25, 0.3) is 0 Å². The highest BCUT2D eigenvalue weighted by Gasteiger charge is 2.13. The predicted molar refractivity (Wildman–Crippen MR) is 82.8 cm³/mol. The molecule has 2 rings (SSSR count). The monoisotopic (exact) mass is 261 g/mol. The van der Waals surface area contributed by atoms with E-state index >= 15 is 0 Å². The summed E-state index contributed by atoms with van der Waals surface area (Å²) in [6.45, 7) is 8.96. The van der Waals surface area contributed by atoms with Gasteiger partial charge >= 0.3 is 0 Å². The maximum atomic E-state index is 3.49. The molecule has 1 fully saturated rings. The maximum Gasteiger partial charge on any atom is 0.0367 e. The molecule has 0 unspecified atom stereocenters. The lowest BCUT2D eigenvalue weighted by Gasteiger charge is -2.34. The zero-order valence-electron chi connectivity index (χ0n) is 12.4. The molecule has 0 aliphatic carbocycles. The number of piperazine rings is 1. The van der Waals surface area contributed by atoms with E-state index in [0.717, 1.165) is 26.2 Å². The first kappa shape index (κ1) is 14.4. The first-order chi connectivity index (χ1) is 9.29. The van der Waals surface area contributed by atoms with Crippen LogP contribution in [0.3, 0.4) is 0 Å². The lowest BCUT2D eigenvalue weighted by molar-refractivity contribution is 0.313. The highest BCUT2D eigenvalue weighted by molar-refractivity contribution is 5.48. The van der Waals surface area contributed by atoms with E-state index in [-0.39, 0.29) is 0 Å². The van der Waals surface area contributed by atoms with Crippen molar-refractivity contribution >= 4 is 5.69 Å². The van der Waals surface area contributed by atoms with Gasteiger partial charge in [-0.05, 0) is 37.7 Å². The van der Waals surface area contributed by atoms with Crippen molar-refractivity contribution in [3.8, 4) is 0 Å². The minimum absolute atomic E-state index is 0.989. The van der Waals surface area contributed by atoms with Gasteiger partial charge in [-0.15, -0.1) is 0 Å². The second-order valence-electron chi connectivity index (χ2n) is 5.49. The summed E-state index contributed by atoms with van der Waals surface area (Å²) in [7, 11) is 2.20. The highest BCUT2D eigenvalue weighted by atomic mass is 15.2. The molecule has 0 amide bonds. The van der Waals surface area contributed by atoms with Gasteiger partial charge < -0.3 is 15.1 Å². The Balaban J connectivity index is 1.81. The van der Waals surface area contributed by atoms with E-state index in [9.17, 15) is 0 Å². The number of benzene rings is 1. The Morgan fingerprint density at radius 2 is 1.74 bits per heavy atom. The number of hydrogen-bond acceptors (Lipinski definition) is 3. The molecule has 0 bridgehead atoms. The van der Waals surface area contributed by atoms with Crippen LogP contribution in [-0.4, -0.2) is 44.7 Å². The number of nitrogens with zero attached hydrogens (tertiary/aromatic N) is 2. The summed E-state index contributed by atoms with van der Waals surface area (Å²) >= 11 is 0. The van der Waals surface area contributed by atoms with Crippen molar-refractivity contribution in [2.24, 2.45) is 0 Å². The first-order valence-electron chi connectivity index (χ1n) is 7.52. The van der Waals surface area contributed by atoms with Crippen LogP contribution >= 0.6 is 0 Å². The van der Waals surface area contributed by atoms with Gasteiger partial charge in [-0.3, -0.25) is 0 Å². The third-order valence-electron chi connectivity index (χ3n) is 3.84. The van der Waals surface area contributed by atoms with Gasteiger partial charge in [0.05, 0.1) is 0 Å². The minimum Gasteiger partial charge on any atom is -0.369 e. The molecule has 106 valence electrons. The molecule has 0 atom stereocenters. The van der Waals surface area contributed by atoms with Gasteiger partial charge in [0.15, 0.2) is 0 Å². The topological polar surface area (TPSA) is 18.5 Å². The number of rotatable bonds is 6. The molecule has 3 nitrogen and oxygen atoms in total. The first-order valence-corrected chi connectivity index (χ1v) is 7.52. The Hall–Kier alpha value is -1.06. The van der Waals surface area contributed by atoms with Crippen LogP contribution in [0.1, 0.15) is 25.3 Å². The Labute approximate surface area is 117 Å². The van der Waals surface area contributed by atoms with E-state index in [1.807, 2.05) is 0 Å². The van der Waals surface area contributed by atoms with Gasteiger partial charge in [0.1, 0.15) is 0 Å². The molecule has 1 aliphatic heterocycles. The summed E-state index contributed by atoms with van der Waals surface area (Å²) in [5.41, 5.74) is 2.75. The summed E-state index contributed by atoms with van der Waals surface area (Å²) < 4.78 is 0. The molecule has 0 radical (unpaired) electrons. The largest absolute Gasteiger partial charge is 0.369 e. The van der Waals surface area contributed by atoms with Gasteiger partial charge in [-0.1, -0.05) is 25.5 Å². The fourth-order valence-corrected chi connectivity index (χ4v) is 2.42. The van der Waals surface area contributed by atoms with Gasteiger partial charge in [0.2, 0.25) is 0 Å². The fourth-order valence-electron chi connectivity index (χ4n) is 2.42. The van der Waals surface area contributed by atoms with Crippen LogP contribution in [-0.2, 0) is 6.54 Å². The summed E-state index contributed by atoms with van der Waals surface area (Å²) in [5.74, 6) is 0. The Kier molecular flexibility index (Phi) is 5.67. The standard InChI is InChI=1S/C16H27N3/c1-3-4-9-17-14-15-5-7-16(8-6-15)19-12-10-18(2)11-13-19/h5-8,17H,3-4,9-14H2,1-2H3. The van der Waals surface area contributed by atoms with Crippen LogP contribution in [0.2, 0.25) is 0 Å². The molecule has 1 aromatic carbocycles. The smallest absolute Gasteiger partial charge is 0.0367 e. The molecule has 19 heavy (non-hydrogen) atoms. The number of unbranched alkanes of at least 4 members (excludes halogenated alkanes) is 1. The second-order valence-corrected chi connectivity index (χ2v) is 5.49. The molecule has 0 spiro atoms. The van der Waals surface area contributed by atoms with Crippen molar-refractivity contribution in [2.75, 3.05) is 44.7 Å². The molecule has 1 heterocycles. The Morgan fingerprint density at radius 3 is 2.37 bits per heavy atom. The molecule has 1 aliphatic rings. The SMILES string of the molecule is CCCCNCc1ccc(N2CCN(C)CC2)cc1. The summed E-state index contributed by atoms with van der Waals surface area (Å²) in [4.78, 5) is 4.87. The zero-order chi connectivity index (χ0) is 13.5. The third kappa shape index (κ3) is 4.51. The van der Waals surface area contributed by atoms with Crippen LogP contribution < -0.4 is 10.2 Å². The van der Waals surface area contributed by atoms with E-state index in [4.69, 9.17) is 0 Å². The van der Waals surface area contributed by atoms with E-state index in [1.165, 1.54) is 37.2 Å². The number of nitrogens with one attached hydrogen (secondary N) is 1. The number of likely N-dealkylation sites (N-methyl/N-ethyl adjacent to an activating group) is 1. The molecule has 3 heteroatoms. The Morgan fingerprint density at radius 1 is 1.05 bits per heavy atom. The average Bonchev–Trinajstić information content (AvgIpc) is 2.45. The van der Waals surface area contributed by atoms with Crippen molar-refractivity contribution in [3.63, 3.8) is 0 Å². The number of anilines is 1. The fraction of sp³-hybridized carbons (Fsp3) is 0.625. The summed E-state index contributed by atoms with van der Waals surface area (Å²) in [6.07, 6.45) is 2.52. The lowest BCUT2D eigenvalue weighted by Crippen LogP contribution is -2.44.